The summed E-state index contributed by atoms with van der Waals surface area (Å²) in [7, 11) is 0. The van der Waals surface area contributed by atoms with Gasteiger partial charge in [-0.05, 0) is 31.9 Å². The summed E-state index contributed by atoms with van der Waals surface area (Å²) in [6.45, 7) is 6.36. The number of benzene rings is 2. The third-order valence-electron chi connectivity index (χ3n) is 3.84. The first-order chi connectivity index (χ1) is 8.63. The van der Waals surface area contributed by atoms with E-state index in [0.29, 0.717) is 0 Å². The fourth-order valence-corrected chi connectivity index (χ4v) is 2.62. The largest absolute Gasteiger partial charge is 0.356 e. The van der Waals surface area contributed by atoms with Gasteiger partial charge in [-0.25, -0.2) is 0 Å². The van der Waals surface area contributed by atoms with E-state index < -0.39 is 0 Å². The molecule has 1 heterocycles. The van der Waals surface area contributed by atoms with E-state index in [1.165, 1.54) is 22.3 Å². The van der Waals surface area contributed by atoms with Crippen LogP contribution in [0.1, 0.15) is 29.2 Å². The van der Waals surface area contributed by atoms with E-state index in [0.717, 1.165) is 0 Å². The molecule has 0 saturated carbocycles. The Morgan fingerprint density at radius 1 is 0.778 bits per heavy atom. The maximum absolute atomic E-state index is 5.96. The smallest absolute Gasteiger partial charge is 0.144 e. The second kappa shape index (κ2) is 3.96. The quantitative estimate of drug-likeness (QED) is 0.721. The minimum atomic E-state index is -0.221. The number of epoxide rings is 1. The van der Waals surface area contributed by atoms with E-state index in [4.69, 9.17) is 4.74 Å². The van der Waals surface area contributed by atoms with Crippen molar-refractivity contribution in [3.05, 3.63) is 70.8 Å². The van der Waals surface area contributed by atoms with Gasteiger partial charge < -0.3 is 4.74 Å². The summed E-state index contributed by atoms with van der Waals surface area (Å²) in [5, 5.41) is 0. The van der Waals surface area contributed by atoms with E-state index >= 15 is 0 Å². The van der Waals surface area contributed by atoms with Crippen LogP contribution in [-0.4, -0.2) is 6.10 Å². The van der Waals surface area contributed by atoms with Crippen molar-refractivity contribution in [3.63, 3.8) is 0 Å². The summed E-state index contributed by atoms with van der Waals surface area (Å²) >= 11 is 0. The van der Waals surface area contributed by atoms with Crippen LogP contribution in [0, 0.1) is 13.8 Å². The highest BCUT2D eigenvalue weighted by Crippen LogP contribution is 2.51. The standard InChI is InChI=1S/C17H18O/c1-12-4-8-15(9-5-12)17(14(3)18-17)16-10-6-13(2)7-11-16/h4-11,14H,1-3H3. The predicted octanol–water partition coefficient (Wildman–Crippen LogP) is 3.97. The van der Waals surface area contributed by atoms with E-state index in [2.05, 4.69) is 69.3 Å². The lowest BCUT2D eigenvalue weighted by Gasteiger charge is -2.14. The molecule has 0 spiro atoms. The average molecular weight is 238 g/mol. The van der Waals surface area contributed by atoms with Crippen LogP contribution in [0.2, 0.25) is 0 Å². The third-order valence-corrected chi connectivity index (χ3v) is 3.84. The predicted molar refractivity (Wildman–Crippen MR) is 73.7 cm³/mol. The van der Waals surface area contributed by atoms with Gasteiger partial charge in [0.1, 0.15) is 5.60 Å². The Morgan fingerprint density at radius 2 is 1.11 bits per heavy atom. The molecule has 1 aliphatic heterocycles. The average Bonchev–Trinajstić information content (AvgIpc) is 3.04. The minimum Gasteiger partial charge on any atom is -0.356 e. The number of rotatable bonds is 2. The lowest BCUT2D eigenvalue weighted by molar-refractivity contribution is 0.332. The molecule has 0 bridgehead atoms. The molecule has 1 nitrogen and oxygen atoms in total. The Morgan fingerprint density at radius 3 is 1.39 bits per heavy atom. The van der Waals surface area contributed by atoms with Gasteiger partial charge in [-0.3, -0.25) is 0 Å². The molecule has 3 rings (SSSR count). The van der Waals surface area contributed by atoms with Gasteiger partial charge in [-0.15, -0.1) is 0 Å². The summed E-state index contributed by atoms with van der Waals surface area (Å²) < 4.78 is 5.96. The van der Waals surface area contributed by atoms with Crippen LogP contribution in [0.3, 0.4) is 0 Å². The van der Waals surface area contributed by atoms with Crippen LogP contribution in [0.15, 0.2) is 48.5 Å². The number of aryl methyl sites for hydroxylation is 2. The fourth-order valence-electron chi connectivity index (χ4n) is 2.62. The summed E-state index contributed by atoms with van der Waals surface area (Å²) in [4.78, 5) is 0. The van der Waals surface area contributed by atoms with Crippen molar-refractivity contribution in [2.75, 3.05) is 0 Å². The zero-order valence-corrected chi connectivity index (χ0v) is 11.1. The lowest BCUT2D eigenvalue weighted by Crippen LogP contribution is -2.13. The molecule has 1 saturated heterocycles. The molecule has 0 aromatic heterocycles. The molecule has 0 N–H and O–H groups in total. The van der Waals surface area contributed by atoms with E-state index in [9.17, 15) is 0 Å². The van der Waals surface area contributed by atoms with Crippen molar-refractivity contribution in [2.24, 2.45) is 0 Å². The number of hydrogen-bond acceptors (Lipinski definition) is 1. The molecular weight excluding hydrogens is 220 g/mol. The molecule has 0 amide bonds. The van der Waals surface area contributed by atoms with Crippen molar-refractivity contribution in [2.45, 2.75) is 32.5 Å². The first kappa shape index (κ1) is 11.5. The van der Waals surface area contributed by atoms with E-state index in [1.54, 1.807) is 0 Å². The molecule has 0 radical (unpaired) electrons. The van der Waals surface area contributed by atoms with Gasteiger partial charge in [0.15, 0.2) is 0 Å². The Hall–Kier alpha value is -1.60. The van der Waals surface area contributed by atoms with Gasteiger partial charge in [0.25, 0.3) is 0 Å². The van der Waals surface area contributed by atoms with Gasteiger partial charge in [-0.1, -0.05) is 59.7 Å². The van der Waals surface area contributed by atoms with Crippen LogP contribution in [0.25, 0.3) is 0 Å². The second-order valence-electron chi connectivity index (χ2n) is 5.23. The Balaban J connectivity index is 2.06. The van der Waals surface area contributed by atoms with Gasteiger partial charge in [0.2, 0.25) is 0 Å². The summed E-state index contributed by atoms with van der Waals surface area (Å²) in [5.74, 6) is 0. The van der Waals surface area contributed by atoms with Crippen LogP contribution >= 0.6 is 0 Å². The highest BCUT2D eigenvalue weighted by Gasteiger charge is 2.56. The maximum atomic E-state index is 5.96. The highest BCUT2D eigenvalue weighted by molar-refractivity contribution is 5.44. The third kappa shape index (κ3) is 1.67. The van der Waals surface area contributed by atoms with E-state index in [-0.39, 0.29) is 11.7 Å². The minimum absolute atomic E-state index is 0.221. The molecule has 92 valence electrons. The van der Waals surface area contributed by atoms with Crippen LogP contribution in [0.5, 0.6) is 0 Å². The second-order valence-corrected chi connectivity index (χ2v) is 5.23. The number of hydrogen-bond donors (Lipinski definition) is 0. The molecule has 18 heavy (non-hydrogen) atoms. The highest BCUT2D eigenvalue weighted by atomic mass is 16.6. The summed E-state index contributed by atoms with van der Waals surface area (Å²) in [5.41, 5.74) is 4.85. The first-order valence-corrected chi connectivity index (χ1v) is 6.45. The van der Waals surface area contributed by atoms with Gasteiger partial charge in [0, 0.05) is 0 Å². The maximum Gasteiger partial charge on any atom is 0.144 e. The normalized spacial score (nSPS) is 20.7. The lowest BCUT2D eigenvalue weighted by atomic mass is 9.87. The first-order valence-electron chi connectivity index (χ1n) is 6.45. The van der Waals surface area contributed by atoms with Crippen molar-refractivity contribution in [1.82, 2.24) is 0 Å². The topological polar surface area (TPSA) is 12.5 Å². The molecule has 1 fully saturated rings. The molecule has 0 aliphatic carbocycles. The van der Waals surface area contributed by atoms with Crippen molar-refractivity contribution >= 4 is 0 Å². The van der Waals surface area contributed by atoms with Gasteiger partial charge >= 0.3 is 0 Å². The zero-order chi connectivity index (χ0) is 12.8. The molecule has 2 aromatic rings. The van der Waals surface area contributed by atoms with E-state index in [1.807, 2.05) is 0 Å². The zero-order valence-electron chi connectivity index (χ0n) is 11.1. The fraction of sp³-hybridized carbons (Fsp3) is 0.294. The van der Waals surface area contributed by atoms with Crippen molar-refractivity contribution < 1.29 is 4.74 Å². The number of ether oxygens (including phenoxy) is 1. The van der Waals surface area contributed by atoms with Crippen LogP contribution < -0.4 is 0 Å². The monoisotopic (exact) mass is 238 g/mol. The van der Waals surface area contributed by atoms with Crippen LogP contribution in [0.4, 0.5) is 0 Å². The SMILES string of the molecule is Cc1ccc(C2(c3ccc(C)cc3)OC2C)cc1. The molecule has 1 heteroatoms. The summed E-state index contributed by atoms with van der Waals surface area (Å²) in [6.07, 6.45) is 0.253. The molecule has 1 aliphatic rings. The molecule has 1 atom stereocenters. The van der Waals surface area contributed by atoms with Crippen molar-refractivity contribution in [3.8, 4) is 0 Å². The van der Waals surface area contributed by atoms with Crippen LogP contribution in [-0.2, 0) is 10.3 Å². The van der Waals surface area contributed by atoms with Gasteiger partial charge in [-0.2, -0.15) is 0 Å². The molecule has 1 unspecified atom stereocenters. The van der Waals surface area contributed by atoms with Gasteiger partial charge in [0.05, 0.1) is 6.10 Å². The summed E-state index contributed by atoms with van der Waals surface area (Å²) in [6, 6.07) is 17.3. The molecular formula is C17H18O. The molecule has 2 aromatic carbocycles. The Kier molecular flexibility index (Phi) is 2.53. The van der Waals surface area contributed by atoms with Crippen molar-refractivity contribution in [1.29, 1.82) is 0 Å². The Bertz CT molecular complexity index is 506. The Labute approximate surface area is 108 Å².